The largest absolute Gasteiger partial charge is 0.354 e. The van der Waals surface area contributed by atoms with Gasteiger partial charge in [-0.2, -0.15) is 0 Å². The highest BCUT2D eigenvalue weighted by atomic mass is 16.2. The Kier molecular flexibility index (Phi) is 4.70. The maximum atomic E-state index is 13.6. The van der Waals surface area contributed by atoms with Crippen LogP contribution in [0.4, 0.5) is 0 Å². The second kappa shape index (κ2) is 7.20. The van der Waals surface area contributed by atoms with Crippen molar-refractivity contribution in [3.63, 3.8) is 0 Å². The summed E-state index contributed by atoms with van der Waals surface area (Å²) in [6.07, 6.45) is 2.96. The normalized spacial score (nSPS) is 20.9. The number of hydrogen-bond donors (Lipinski definition) is 2. The second-order valence-corrected chi connectivity index (χ2v) is 10.1. The molecule has 1 amide bonds. The van der Waals surface area contributed by atoms with Crippen molar-refractivity contribution >= 4 is 16.8 Å². The molecule has 0 saturated carbocycles. The lowest BCUT2D eigenvalue weighted by Crippen LogP contribution is -2.52. The van der Waals surface area contributed by atoms with Gasteiger partial charge in [-0.15, -0.1) is 0 Å². The molecule has 0 aliphatic carbocycles. The first kappa shape index (κ1) is 20.3. The molecule has 3 aromatic rings. The van der Waals surface area contributed by atoms with Gasteiger partial charge in [-0.3, -0.25) is 9.78 Å². The van der Waals surface area contributed by atoms with E-state index in [9.17, 15) is 4.79 Å². The van der Waals surface area contributed by atoms with Crippen LogP contribution in [-0.4, -0.2) is 45.9 Å². The number of rotatable bonds is 4. The third kappa shape index (κ3) is 3.26. The molecule has 1 aromatic carbocycles. The van der Waals surface area contributed by atoms with Crippen LogP contribution >= 0.6 is 0 Å². The number of benzene rings is 1. The Bertz CT molecular complexity index is 1160. The molecule has 2 unspecified atom stereocenters. The van der Waals surface area contributed by atoms with Gasteiger partial charge in [0.05, 0.1) is 11.1 Å². The highest BCUT2D eigenvalue weighted by Gasteiger charge is 2.45. The quantitative estimate of drug-likeness (QED) is 0.658. The highest BCUT2D eigenvalue weighted by molar-refractivity contribution is 5.94. The van der Waals surface area contributed by atoms with E-state index >= 15 is 0 Å². The Morgan fingerprint density at radius 1 is 1.23 bits per heavy atom. The standard InChI is InChI=1S/C26H32N4O/c1-15(2)23-21-11-18(26(4,5)25(31)30-14-19-12-20(30)13-28-19)6-7-22(21)29-24(23)17-8-9-27-16(3)10-17/h6-11,15,19-20,28-29H,12-14H2,1-5H3. The van der Waals surface area contributed by atoms with E-state index in [1.807, 2.05) is 13.1 Å². The van der Waals surface area contributed by atoms with E-state index < -0.39 is 5.41 Å². The predicted octanol–water partition coefficient (Wildman–Crippen LogP) is 4.51. The van der Waals surface area contributed by atoms with Gasteiger partial charge in [0, 0.05) is 53.5 Å². The van der Waals surface area contributed by atoms with Crippen LogP contribution in [0, 0.1) is 6.92 Å². The molecule has 2 aliphatic rings. The molecular formula is C26H32N4O. The fraction of sp³-hybridized carbons (Fsp3) is 0.462. The molecule has 0 radical (unpaired) electrons. The predicted molar refractivity (Wildman–Crippen MR) is 125 cm³/mol. The van der Waals surface area contributed by atoms with Gasteiger partial charge in [-0.05, 0) is 68.5 Å². The molecular weight excluding hydrogens is 384 g/mol. The van der Waals surface area contributed by atoms with Crippen molar-refractivity contribution in [2.24, 2.45) is 0 Å². The maximum Gasteiger partial charge on any atom is 0.233 e. The zero-order valence-electron chi connectivity index (χ0n) is 19.1. The van der Waals surface area contributed by atoms with Gasteiger partial charge in [0.1, 0.15) is 0 Å². The minimum atomic E-state index is -0.558. The van der Waals surface area contributed by atoms with Crippen molar-refractivity contribution in [1.82, 2.24) is 20.2 Å². The molecule has 2 saturated heterocycles. The number of aromatic nitrogens is 2. The van der Waals surface area contributed by atoms with E-state index in [1.165, 1.54) is 10.9 Å². The smallest absolute Gasteiger partial charge is 0.233 e. The number of pyridine rings is 1. The molecule has 31 heavy (non-hydrogen) atoms. The number of carbonyl (C=O) groups is 1. The summed E-state index contributed by atoms with van der Waals surface area (Å²) in [6, 6.07) is 11.5. The fourth-order valence-electron chi connectivity index (χ4n) is 5.42. The number of amides is 1. The first-order chi connectivity index (χ1) is 14.8. The number of carbonyl (C=O) groups excluding carboxylic acids is 1. The number of H-pyrrole nitrogens is 1. The molecule has 4 heterocycles. The monoisotopic (exact) mass is 416 g/mol. The van der Waals surface area contributed by atoms with E-state index in [4.69, 9.17) is 0 Å². The van der Waals surface area contributed by atoms with Crippen molar-refractivity contribution in [1.29, 1.82) is 0 Å². The average Bonchev–Trinajstić information content (AvgIpc) is 3.46. The molecule has 0 spiro atoms. The number of hydrogen-bond acceptors (Lipinski definition) is 3. The Labute approximate surface area is 184 Å². The fourth-order valence-corrected chi connectivity index (χ4v) is 5.42. The van der Waals surface area contributed by atoms with Gasteiger partial charge < -0.3 is 15.2 Å². The van der Waals surface area contributed by atoms with Crippen LogP contribution in [0.25, 0.3) is 22.2 Å². The summed E-state index contributed by atoms with van der Waals surface area (Å²) in [4.78, 5) is 23.7. The lowest BCUT2D eigenvalue weighted by atomic mass is 9.81. The van der Waals surface area contributed by atoms with Crippen molar-refractivity contribution < 1.29 is 4.79 Å². The van der Waals surface area contributed by atoms with E-state index in [-0.39, 0.29) is 5.91 Å². The van der Waals surface area contributed by atoms with Crippen LogP contribution in [0.1, 0.15) is 56.9 Å². The first-order valence-electron chi connectivity index (χ1n) is 11.4. The molecule has 162 valence electrons. The molecule has 2 bridgehead atoms. The Balaban J connectivity index is 1.58. The molecule has 2 atom stereocenters. The van der Waals surface area contributed by atoms with Gasteiger partial charge >= 0.3 is 0 Å². The first-order valence-corrected chi connectivity index (χ1v) is 11.4. The second-order valence-electron chi connectivity index (χ2n) is 10.1. The third-order valence-electron chi connectivity index (χ3n) is 7.18. The molecule has 5 rings (SSSR count). The zero-order valence-corrected chi connectivity index (χ0v) is 19.1. The molecule has 2 fully saturated rings. The molecule has 2 aromatic heterocycles. The molecule has 5 nitrogen and oxygen atoms in total. The summed E-state index contributed by atoms with van der Waals surface area (Å²) in [5, 5.41) is 4.71. The van der Waals surface area contributed by atoms with Crippen LogP contribution in [0.2, 0.25) is 0 Å². The maximum absolute atomic E-state index is 13.6. The van der Waals surface area contributed by atoms with Crippen LogP contribution in [-0.2, 0) is 10.2 Å². The van der Waals surface area contributed by atoms with Crippen LogP contribution in [0.15, 0.2) is 36.5 Å². The van der Waals surface area contributed by atoms with Gasteiger partial charge in [-0.25, -0.2) is 0 Å². The number of likely N-dealkylation sites (tertiary alicyclic amines) is 1. The van der Waals surface area contributed by atoms with Gasteiger partial charge in [0.2, 0.25) is 5.91 Å². The lowest BCUT2D eigenvalue weighted by molar-refractivity contribution is -0.137. The minimum Gasteiger partial charge on any atom is -0.354 e. The molecule has 2 N–H and O–H groups in total. The van der Waals surface area contributed by atoms with Crippen molar-refractivity contribution in [3.05, 3.63) is 53.3 Å². The van der Waals surface area contributed by atoms with Gasteiger partial charge in [0.25, 0.3) is 0 Å². The van der Waals surface area contributed by atoms with Crippen molar-refractivity contribution in [2.45, 2.75) is 64.5 Å². The Morgan fingerprint density at radius 3 is 2.68 bits per heavy atom. The summed E-state index contributed by atoms with van der Waals surface area (Å²) < 4.78 is 0. The van der Waals surface area contributed by atoms with Gasteiger partial charge in [0.15, 0.2) is 0 Å². The summed E-state index contributed by atoms with van der Waals surface area (Å²) in [6.45, 7) is 12.4. The highest BCUT2D eigenvalue weighted by Crippen LogP contribution is 2.39. The molecule has 5 heteroatoms. The molecule has 2 aliphatic heterocycles. The number of aryl methyl sites for hydroxylation is 1. The Hall–Kier alpha value is -2.66. The number of nitrogens with zero attached hydrogens (tertiary/aromatic N) is 2. The van der Waals surface area contributed by atoms with Crippen LogP contribution in [0.5, 0.6) is 0 Å². The van der Waals surface area contributed by atoms with Crippen LogP contribution in [0.3, 0.4) is 0 Å². The average molecular weight is 417 g/mol. The topological polar surface area (TPSA) is 61.0 Å². The van der Waals surface area contributed by atoms with Crippen LogP contribution < -0.4 is 5.32 Å². The Morgan fingerprint density at radius 2 is 2.03 bits per heavy atom. The SMILES string of the molecule is Cc1cc(-c2[nH]c3ccc(C(C)(C)C(=O)N4CC5CC4CN5)cc3c2C(C)C)ccn1. The lowest BCUT2D eigenvalue weighted by Gasteiger charge is -2.35. The van der Waals surface area contributed by atoms with Crippen molar-refractivity contribution in [3.8, 4) is 11.3 Å². The zero-order chi connectivity index (χ0) is 21.9. The van der Waals surface area contributed by atoms with E-state index in [1.54, 1.807) is 0 Å². The summed E-state index contributed by atoms with van der Waals surface area (Å²) in [7, 11) is 0. The summed E-state index contributed by atoms with van der Waals surface area (Å²) in [5.74, 6) is 0.596. The summed E-state index contributed by atoms with van der Waals surface area (Å²) >= 11 is 0. The number of aromatic amines is 1. The van der Waals surface area contributed by atoms with E-state index in [2.05, 4.69) is 78.2 Å². The van der Waals surface area contributed by atoms with E-state index in [0.717, 1.165) is 47.5 Å². The summed E-state index contributed by atoms with van der Waals surface area (Å²) in [5.41, 5.74) is 6.26. The number of piperazine rings is 1. The third-order valence-corrected chi connectivity index (χ3v) is 7.18. The van der Waals surface area contributed by atoms with Crippen molar-refractivity contribution in [2.75, 3.05) is 13.1 Å². The number of fused-ring (bicyclic) bond motifs is 3. The van der Waals surface area contributed by atoms with E-state index in [0.29, 0.717) is 18.0 Å². The number of nitrogens with one attached hydrogen (secondary N) is 2. The van der Waals surface area contributed by atoms with Gasteiger partial charge in [-0.1, -0.05) is 19.9 Å². The minimum absolute atomic E-state index is 0.243.